The van der Waals surface area contributed by atoms with E-state index in [1.54, 1.807) is 0 Å². The minimum atomic E-state index is -0.295. The van der Waals surface area contributed by atoms with Crippen LogP contribution in [-0.2, 0) is 0 Å². The van der Waals surface area contributed by atoms with Crippen molar-refractivity contribution >= 4 is 0 Å². The fraction of sp³-hybridized carbons (Fsp3) is 0.800. The van der Waals surface area contributed by atoms with E-state index in [-0.39, 0.29) is 6.10 Å². The highest BCUT2D eigenvalue weighted by Gasteiger charge is 2.09. The molecule has 0 aliphatic carbocycles. The van der Waals surface area contributed by atoms with E-state index >= 15 is 0 Å². The maximum Gasteiger partial charge on any atom is 0.0747 e. The van der Waals surface area contributed by atoms with Crippen LogP contribution in [0.3, 0.4) is 0 Å². The van der Waals surface area contributed by atoms with E-state index in [0.29, 0.717) is 5.92 Å². The van der Waals surface area contributed by atoms with Gasteiger partial charge in [0.05, 0.1) is 6.10 Å². The lowest BCUT2D eigenvalue weighted by molar-refractivity contribution is 0.177. The first-order valence-electron chi connectivity index (χ1n) is 4.41. The van der Waals surface area contributed by atoms with Gasteiger partial charge in [-0.25, -0.2) is 0 Å². The van der Waals surface area contributed by atoms with Gasteiger partial charge in [0.25, 0.3) is 0 Å². The molecule has 11 heavy (non-hydrogen) atoms. The Bertz CT molecular complexity index is 118. The summed E-state index contributed by atoms with van der Waals surface area (Å²) in [6, 6.07) is 0. The van der Waals surface area contributed by atoms with Gasteiger partial charge < -0.3 is 5.11 Å². The summed E-state index contributed by atoms with van der Waals surface area (Å²) >= 11 is 0. The summed E-state index contributed by atoms with van der Waals surface area (Å²) in [6.45, 7) is 9.94. The summed E-state index contributed by atoms with van der Waals surface area (Å²) in [7, 11) is 0. The van der Waals surface area contributed by atoms with Crippen molar-refractivity contribution < 1.29 is 5.11 Å². The minimum Gasteiger partial charge on any atom is -0.389 e. The summed E-state index contributed by atoms with van der Waals surface area (Å²) < 4.78 is 0. The van der Waals surface area contributed by atoms with Crippen molar-refractivity contribution in [2.24, 2.45) is 5.92 Å². The third kappa shape index (κ3) is 5.02. The molecule has 2 atom stereocenters. The molecule has 0 aromatic rings. The second-order valence-corrected chi connectivity index (χ2v) is 3.49. The van der Waals surface area contributed by atoms with Gasteiger partial charge in [0, 0.05) is 0 Å². The third-order valence-electron chi connectivity index (χ3n) is 1.98. The van der Waals surface area contributed by atoms with E-state index in [9.17, 15) is 5.11 Å². The summed E-state index contributed by atoms with van der Waals surface area (Å²) in [6.07, 6.45) is 2.97. The van der Waals surface area contributed by atoms with E-state index in [2.05, 4.69) is 20.4 Å². The molecule has 0 fully saturated rings. The van der Waals surface area contributed by atoms with Gasteiger partial charge in [0.1, 0.15) is 0 Å². The van der Waals surface area contributed by atoms with E-state index in [4.69, 9.17) is 0 Å². The van der Waals surface area contributed by atoms with Crippen molar-refractivity contribution in [1.29, 1.82) is 0 Å². The van der Waals surface area contributed by atoms with Crippen LogP contribution in [0, 0.1) is 5.92 Å². The van der Waals surface area contributed by atoms with Gasteiger partial charge in [-0.2, -0.15) is 0 Å². The highest BCUT2D eigenvalue weighted by Crippen LogP contribution is 2.15. The normalized spacial score (nSPS) is 16.0. The van der Waals surface area contributed by atoms with Crippen LogP contribution in [0.25, 0.3) is 0 Å². The predicted octanol–water partition coefficient (Wildman–Crippen LogP) is 2.75. The Hall–Kier alpha value is -0.300. The summed E-state index contributed by atoms with van der Waals surface area (Å²) in [5, 5.41) is 9.42. The number of aliphatic hydroxyl groups is 1. The lowest BCUT2D eigenvalue weighted by Crippen LogP contribution is -2.12. The second-order valence-electron chi connectivity index (χ2n) is 3.49. The number of aliphatic hydroxyl groups excluding tert-OH is 1. The molecule has 0 aliphatic heterocycles. The standard InChI is InChI=1S/C10H20O/c1-5-6-9(4)7-10(11)8(2)3/h9-11H,2,5-7H2,1,3-4H3. The van der Waals surface area contributed by atoms with Crippen molar-refractivity contribution in [2.45, 2.75) is 46.1 Å². The molecule has 0 radical (unpaired) electrons. The van der Waals surface area contributed by atoms with E-state index in [1.807, 2.05) is 6.92 Å². The Balaban J connectivity index is 3.56. The fourth-order valence-corrected chi connectivity index (χ4v) is 1.19. The van der Waals surface area contributed by atoms with Crippen molar-refractivity contribution in [1.82, 2.24) is 0 Å². The largest absolute Gasteiger partial charge is 0.389 e. The molecule has 0 aromatic carbocycles. The van der Waals surface area contributed by atoms with E-state index in [0.717, 1.165) is 12.0 Å². The molecular weight excluding hydrogens is 136 g/mol. The summed E-state index contributed by atoms with van der Waals surface area (Å²) in [5.74, 6) is 0.617. The average molecular weight is 156 g/mol. The summed E-state index contributed by atoms with van der Waals surface area (Å²) in [5.41, 5.74) is 0.882. The summed E-state index contributed by atoms with van der Waals surface area (Å²) in [4.78, 5) is 0. The molecule has 66 valence electrons. The molecule has 0 aliphatic rings. The zero-order valence-electron chi connectivity index (χ0n) is 7.93. The quantitative estimate of drug-likeness (QED) is 0.607. The monoisotopic (exact) mass is 156 g/mol. The van der Waals surface area contributed by atoms with Crippen LogP contribution in [0.1, 0.15) is 40.0 Å². The molecule has 2 unspecified atom stereocenters. The van der Waals surface area contributed by atoms with Crippen molar-refractivity contribution in [3.05, 3.63) is 12.2 Å². The number of hydrogen-bond donors (Lipinski definition) is 1. The molecule has 0 heterocycles. The Labute approximate surface area is 70.1 Å². The Morgan fingerprint density at radius 1 is 1.55 bits per heavy atom. The molecule has 1 N–H and O–H groups in total. The van der Waals surface area contributed by atoms with E-state index in [1.165, 1.54) is 12.8 Å². The molecule has 1 nitrogen and oxygen atoms in total. The van der Waals surface area contributed by atoms with Gasteiger partial charge in [0.15, 0.2) is 0 Å². The molecule has 0 rings (SSSR count). The molecule has 0 saturated heterocycles. The van der Waals surface area contributed by atoms with Gasteiger partial charge in [0.2, 0.25) is 0 Å². The number of rotatable bonds is 5. The Morgan fingerprint density at radius 2 is 2.09 bits per heavy atom. The van der Waals surface area contributed by atoms with Crippen LogP contribution in [0.5, 0.6) is 0 Å². The SMILES string of the molecule is C=C(C)C(O)CC(C)CCC. The average Bonchev–Trinajstić information content (AvgIpc) is 1.87. The first-order chi connectivity index (χ1) is 5.07. The molecule has 0 bridgehead atoms. The maximum atomic E-state index is 9.42. The van der Waals surface area contributed by atoms with Crippen LogP contribution in [0.2, 0.25) is 0 Å². The molecule has 1 heteroatoms. The third-order valence-corrected chi connectivity index (χ3v) is 1.98. The molecule has 0 saturated carbocycles. The van der Waals surface area contributed by atoms with Crippen LogP contribution in [0.15, 0.2) is 12.2 Å². The van der Waals surface area contributed by atoms with Gasteiger partial charge in [-0.15, -0.1) is 0 Å². The predicted molar refractivity (Wildman–Crippen MR) is 49.5 cm³/mol. The van der Waals surface area contributed by atoms with Crippen LogP contribution in [-0.4, -0.2) is 11.2 Å². The zero-order valence-corrected chi connectivity index (χ0v) is 7.93. The first kappa shape index (κ1) is 10.7. The van der Waals surface area contributed by atoms with Gasteiger partial charge in [-0.05, 0) is 19.3 Å². The fourth-order valence-electron chi connectivity index (χ4n) is 1.19. The molecule has 0 aromatic heterocycles. The topological polar surface area (TPSA) is 20.2 Å². The van der Waals surface area contributed by atoms with Crippen LogP contribution in [0.4, 0.5) is 0 Å². The lowest BCUT2D eigenvalue weighted by atomic mass is 9.96. The molecule has 0 amide bonds. The molecule has 0 spiro atoms. The zero-order chi connectivity index (χ0) is 8.85. The van der Waals surface area contributed by atoms with Crippen molar-refractivity contribution in [3.63, 3.8) is 0 Å². The Kier molecular flexibility index (Phi) is 5.22. The lowest BCUT2D eigenvalue weighted by Gasteiger charge is -2.15. The highest BCUT2D eigenvalue weighted by atomic mass is 16.3. The van der Waals surface area contributed by atoms with E-state index < -0.39 is 0 Å². The van der Waals surface area contributed by atoms with Crippen LogP contribution < -0.4 is 0 Å². The first-order valence-corrected chi connectivity index (χ1v) is 4.41. The maximum absolute atomic E-state index is 9.42. The smallest absolute Gasteiger partial charge is 0.0747 e. The Morgan fingerprint density at radius 3 is 2.45 bits per heavy atom. The molecular formula is C10H20O. The van der Waals surface area contributed by atoms with Crippen LogP contribution >= 0.6 is 0 Å². The van der Waals surface area contributed by atoms with Crippen molar-refractivity contribution in [2.75, 3.05) is 0 Å². The second kappa shape index (κ2) is 5.36. The van der Waals surface area contributed by atoms with Gasteiger partial charge in [-0.3, -0.25) is 0 Å². The highest BCUT2D eigenvalue weighted by molar-refractivity contribution is 4.96. The van der Waals surface area contributed by atoms with Gasteiger partial charge in [-0.1, -0.05) is 38.8 Å². The van der Waals surface area contributed by atoms with Gasteiger partial charge >= 0.3 is 0 Å². The number of hydrogen-bond acceptors (Lipinski definition) is 1. The van der Waals surface area contributed by atoms with Crippen molar-refractivity contribution in [3.8, 4) is 0 Å². The minimum absolute atomic E-state index is 0.295.